The fourth-order valence-corrected chi connectivity index (χ4v) is 4.14. The number of halogens is 1. The number of piperidine rings is 1. The van der Waals surface area contributed by atoms with Gasteiger partial charge >= 0.3 is 0 Å². The number of methoxy groups -OCH3 is 1. The van der Waals surface area contributed by atoms with Crippen molar-refractivity contribution in [1.29, 1.82) is 0 Å². The van der Waals surface area contributed by atoms with Crippen molar-refractivity contribution in [3.63, 3.8) is 0 Å². The first-order valence-electron chi connectivity index (χ1n) is 10.4. The third-order valence-corrected chi connectivity index (χ3v) is 6.01. The number of aromatic nitrogens is 1. The number of rotatable bonds is 4. The Morgan fingerprint density at radius 1 is 1.07 bits per heavy atom. The minimum absolute atomic E-state index is 0.0126. The van der Waals surface area contributed by atoms with Gasteiger partial charge in [0.25, 0.3) is 5.91 Å². The minimum Gasteiger partial charge on any atom is -0.497 e. The first-order chi connectivity index (χ1) is 14.5. The second-order valence-corrected chi connectivity index (χ2v) is 8.02. The maximum absolute atomic E-state index is 14.8. The minimum atomic E-state index is -0.328. The third-order valence-electron chi connectivity index (χ3n) is 6.01. The Hall–Kier alpha value is -3.08. The van der Waals surface area contributed by atoms with Crippen molar-refractivity contribution in [3.05, 3.63) is 71.7 Å². The predicted octanol–water partition coefficient (Wildman–Crippen LogP) is 5.47. The van der Waals surface area contributed by atoms with Crippen LogP contribution in [-0.4, -0.2) is 35.6 Å². The van der Waals surface area contributed by atoms with E-state index in [4.69, 9.17) is 4.74 Å². The molecule has 30 heavy (non-hydrogen) atoms. The van der Waals surface area contributed by atoms with E-state index in [2.05, 4.69) is 6.92 Å². The van der Waals surface area contributed by atoms with Gasteiger partial charge in [-0.15, -0.1) is 0 Å². The highest BCUT2D eigenvalue weighted by Crippen LogP contribution is 2.33. The van der Waals surface area contributed by atoms with E-state index < -0.39 is 0 Å². The molecule has 156 valence electrons. The number of likely N-dealkylation sites (tertiary alicyclic amines) is 1. The van der Waals surface area contributed by atoms with Crippen LogP contribution in [0.5, 0.6) is 5.75 Å². The molecule has 2 aromatic carbocycles. The molecule has 2 heterocycles. The first kappa shape index (κ1) is 20.2. The van der Waals surface area contributed by atoms with Crippen LogP contribution in [0, 0.1) is 18.7 Å². The van der Waals surface area contributed by atoms with E-state index in [1.54, 1.807) is 25.3 Å². The number of para-hydroxylation sites is 1. The third kappa shape index (κ3) is 3.72. The van der Waals surface area contributed by atoms with E-state index >= 15 is 0 Å². The molecule has 4 nitrogen and oxygen atoms in total. The molecule has 1 amide bonds. The van der Waals surface area contributed by atoms with Gasteiger partial charge in [0.05, 0.1) is 24.1 Å². The van der Waals surface area contributed by atoms with E-state index in [-0.39, 0.29) is 11.7 Å². The van der Waals surface area contributed by atoms with Crippen LogP contribution in [-0.2, 0) is 0 Å². The standard InChI is InChI=1S/C25H27FN2O2/c1-17-11-13-27(14-12-17)25(29)21-16-24(19-7-6-8-20(15-19)30-3)28(18(21)2)23-10-5-4-9-22(23)26/h4-10,15-17H,11-14H2,1-3H3. The summed E-state index contributed by atoms with van der Waals surface area (Å²) in [5, 5.41) is 0. The molecular weight excluding hydrogens is 379 g/mol. The summed E-state index contributed by atoms with van der Waals surface area (Å²) in [6.45, 7) is 5.64. The fourth-order valence-electron chi connectivity index (χ4n) is 4.14. The van der Waals surface area contributed by atoms with Gasteiger partial charge in [0.1, 0.15) is 11.6 Å². The Morgan fingerprint density at radius 2 is 1.80 bits per heavy atom. The van der Waals surface area contributed by atoms with Crippen LogP contribution in [0.1, 0.15) is 35.8 Å². The monoisotopic (exact) mass is 406 g/mol. The molecule has 0 unspecified atom stereocenters. The molecule has 0 N–H and O–H groups in total. The Kier molecular flexibility index (Phi) is 5.62. The molecule has 1 saturated heterocycles. The lowest BCUT2D eigenvalue weighted by molar-refractivity contribution is 0.0696. The highest BCUT2D eigenvalue weighted by atomic mass is 19.1. The van der Waals surface area contributed by atoms with E-state index in [1.165, 1.54) is 6.07 Å². The molecule has 0 aliphatic carbocycles. The van der Waals surface area contributed by atoms with E-state index in [1.807, 2.05) is 46.7 Å². The van der Waals surface area contributed by atoms with Gasteiger partial charge in [0, 0.05) is 24.3 Å². The Labute approximate surface area is 176 Å². The number of amides is 1. The first-order valence-corrected chi connectivity index (χ1v) is 10.4. The van der Waals surface area contributed by atoms with Crippen LogP contribution < -0.4 is 4.74 Å². The smallest absolute Gasteiger partial charge is 0.255 e. The molecule has 1 fully saturated rings. The summed E-state index contributed by atoms with van der Waals surface area (Å²) in [5.41, 5.74) is 3.42. The summed E-state index contributed by atoms with van der Waals surface area (Å²) in [6, 6.07) is 16.2. The van der Waals surface area contributed by atoms with Crippen molar-refractivity contribution in [2.24, 2.45) is 5.92 Å². The Balaban J connectivity index is 1.85. The topological polar surface area (TPSA) is 34.5 Å². The molecule has 1 aliphatic heterocycles. The van der Waals surface area contributed by atoms with Crippen LogP contribution >= 0.6 is 0 Å². The van der Waals surface area contributed by atoms with Crippen molar-refractivity contribution < 1.29 is 13.9 Å². The van der Waals surface area contributed by atoms with Crippen molar-refractivity contribution in [2.45, 2.75) is 26.7 Å². The molecule has 1 aromatic heterocycles. The van der Waals surface area contributed by atoms with Crippen molar-refractivity contribution in [2.75, 3.05) is 20.2 Å². The summed E-state index contributed by atoms with van der Waals surface area (Å²) in [4.78, 5) is 15.3. The van der Waals surface area contributed by atoms with Crippen LogP contribution in [0.3, 0.4) is 0 Å². The number of nitrogens with zero attached hydrogens (tertiary/aromatic N) is 2. The van der Waals surface area contributed by atoms with Gasteiger partial charge in [0.15, 0.2) is 0 Å². The van der Waals surface area contributed by atoms with Gasteiger partial charge in [-0.05, 0) is 56.0 Å². The number of carbonyl (C=O) groups excluding carboxylic acids is 1. The van der Waals surface area contributed by atoms with E-state index in [0.717, 1.165) is 42.9 Å². The van der Waals surface area contributed by atoms with Gasteiger partial charge in [-0.1, -0.05) is 31.2 Å². The zero-order valence-corrected chi connectivity index (χ0v) is 17.7. The number of ether oxygens (including phenoxy) is 1. The van der Waals surface area contributed by atoms with Crippen molar-refractivity contribution in [3.8, 4) is 22.7 Å². The van der Waals surface area contributed by atoms with Gasteiger partial charge < -0.3 is 14.2 Å². The van der Waals surface area contributed by atoms with Gasteiger partial charge in [-0.25, -0.2) is 4.39 Å². The van der Waals surface area contributed by atoms with E-state index in [0.29, 0.717) is 22.9 Å². The maximum atomic E-state index is 14.8. The Morgan fingerprint density at radius 3 is 2.50 bits per heavy atom. The normalized spacial score (nSPS) is 14.7. The lowest BCUT2D eigenvalue weighted by atomic mass is 9.98. The molecule has 5 heteroatoms. The number of hydrogen-bond donors (Lipinski definition) is 0. The average Bonchev–Trinajstić information content (AvgIpc) is 3.11. The molecule has 0 saturated carbocycles. The quantitative estimate of drug-likeness (QED) is 0.576. The maximum Gasteiger partial charge on any atom is 0.255 e. The van der Waals surface area contributed by atoms with Gasteiger partial charge in [-0.3, -0.25) is 4.79 Å². The lowest BCUT2D eigenvalue weighted by Crippen LogP contribution is -2.38. The molecule has 1 aliphatic rings. The largest absolute Gasteiger partial charge is 0.497 e. The average molecular weight is 407 g/mol. The second kappa shape index (κ2) is 8.34. The van der Waals surface area contributed by atoms with Crippen molar-refractivity contribution in [1.82, 2.24) is 9.47 Å². The zero-order valence-electron chi connectivity index (χ0n) is 17.7. The lowest BCUT2D eigenvalue weighted by Gasteiger charge is -2.30. The molecule has 0 bridgehead atoms. The summed E-state index contributed by atoms with van der Waals surface area (Å²) < 4.78 is 22.0. The molecule has 0 radical (unpaired) electrons. The molecular formula is C25H27FN2O2. The molecule has 0 spiro atoms. The van der Waals surface area contributed by atoms with Crippen LogP contribution in [0.2, 0.25) is 0 Å². The van der Waals surface area contributed by atoms with Crippen molar-refractivity contribution >= 4 is 5.91 Å². The highest BCUT2D eigenvalue weighted by molar-refractivity contribution is 5.97. The van der Waals surface area contributed by atoms with Gasteiger partial charge in [0.2, 0.25) is 0 Å². The number of hydrogen-bond acceptors (Lipinski definition) is 2. The van der Waals surface area contributed by atoms with Crippen LogP contribution in [0.25, 0.3) is 16.9 Å². The highest BCUT2D eigenvalue weighted by Gasteiger charge is 2.27. The van der Waals surface area contributed by atoms with Crippen LogP contribution in [0.15, 0.2) is 54.6 Å². The summed E-state index contributed by atoms with van der Waals surface area (Å²) in [6.07, 6.45) is 2.03. The fraction of sp³-hybridized carbons (Fsp3) is 0.320. The summed E-state index contributed by atoms with van der Waals surface area (Å²) >= 11 is 0. The molecule has 0 atom stereocenters. The number of carbonyl (C=O) groups is 1. The molecule has 3 aromatic rings. The summed E-state index contributed by atoms with van der Waals surface area (Å²) in [7, 11) is 1.62. The van der Waals surface area contributed by atoms with Crippen LogP contribution in [0.4, 0.5) is 4.39 Å². The van der Waals surface area contributed by atoms with Gasteiger partial charge in [-0.2, -0.15) is 0 Å². The number of benzene rings is 2. The SMILES string of the molecule is COc1cccc(-c2cc(C(=O)N3CCC(C)CC3)c(C)n2-c2ccccc2F)c1. The predicted molar refractivity (Wildman–Crippen MR) is 117 cm³/mol. The zero-order chi connectivity index (χ0) is 21.3. The summed E-state index contributed by atoms with van der Waals surface area (Å²) in [5.74, 6) is 1.04. The molecule has 4 rings (SSSR count). The Bertz CT molecular complexity index is 1060. The second-order valence-electron chi connectivity index (χ2n) is 8.02. The van der Waals surface area contributed by atoms with E-state index in [9.17, 15) is 9.18 Å².